The summed E-state index contributed by atoms with van der Waals surface area (Å²) in [5.74, 6) is -1.40. The molecule has 3 N–H and O–H groups in total. The molecule has 7 heteroatoms. The van der Waals surface area contributed by atoms with E-state index in [4.69, 9.17) is 5.11 Å². The van der Waals surface area contributed by atoms with Crippen LogP contribution in [-0.2, 0) is 16.6 Å². The Kier molecular flexibility index (Phi) is 5.31. The van der Waals surface area contributed by atoms with Gasteiger partial charge in [0.15, 0.2) is 6.04 Å². The lowest BCUT2D eigenvalue weighted by atomic mass is 10.1. The molecule has 1 atom stereocenters. The van der Waals surface area contributed by atoms with Crippen LogP contribution in [0.15, 0.2) is 12.4 Å². The number of aliphatic carboxylic acids is 1. The molecule has 1 rings (SSSR count). The molecule has 1 aromatic rings. The highest BCUT2D eigenvalue weighted by Crippen LogP contribution is 2.11. The average molecular weight is 254 g/mol. The van der Waals surface area contributed by atoms with Gasteiger partial charge < -0.3 is 15.7 Å². The van der Waals surface area contributed by atoms with Gasteiger partial charge >= 0.3 is 5.97 Å². The Morgan fingerprint density at radius 1 is 1.56 bits per heavy atom. The number of aromatic nitrogens is 2. The predicted molar refractivity (Wildman–Crippen MR) is 64.9 cm³/mol. The number of carbonyl (C=O) groups excluding carboxylic acids is 1. The fourth-order valence-electron chi connectivity index (χ4n) is 1.49. The minimum absolute atomic E-state index is 0.248. The molecule has 0 bridgehead atoms. The number of aryl methyl sites for hydroxylation is 1. The SMILES string of the molecule is CCNCCC(=O)NC(C(=O)O)c1cnn(C)c1. The lowest BCUT2D eigenvalue weighted by molar-refractivity contribution is -0.142. The Bertz CT molecular complexity index is 416. The van der Waals surface area contributed by atoms with Crippen LogP contribution in [0.1, 0.15) is 24.9 Å². The van der Waals surface area contributed by atoms with Gasteiger partial charge in [0.05, 0.1) is 6.20 Å². The van der Waals surface area contributed by atoms with Gasteiger partial charge in [-0.25, -0.2) is 4.79 Å². The first-order valence-electron chi connectivity index (χ1n) is 5.76. The Hall–Kier alpha value is -1.89. The molecule has 0 aliphatic carbocycles. The van der Waals surface area contributed by atoms with E-state index in [9.17, 15) is 9.59 Å². The fraction of sp³-hybridized carbons (Fsp3) is 0.545. The summed E-state index contributed by atoms with van der Waals surface area (Å²) < 4.78 is 1.50. The molecule has 1 aromatic heterocycles. The quantitative estimate of drug-likeness (QED) is 0.579. The maximum atomic E-state index is 11.6. The minimum atomic E-state index is -1.10. The summed E-state index contributed by atoms with van der Waals surface area (Å²) in [5.41, 5.74) is 0.460. The summed E-state index contributed by atoms with van der Waals surface area (Å²) in [5, 5.41) is 18.5. The summed E-state index contributed by atoms with van der Waals surface area (Å²) in [7, 11) is 1.69. The molecule has 1 heterocycles. The van der Waals surface area contributed by atoms with E-state index in [-0.39, 0.29) is 12.3 Å². The van der Waals surface area contributed by atoms with E-state index in [2.05, 4.69) is 15.7 Å². The molecule has 0 fully saturated rings. The smallest absolute Gasteiger partial charge is 0.331 e. The van der Waals surface area contributed by atoms with Gasteiger partial charge in [-0.1, -0.05) is 6.92 Å². The van der Waals surface area contributed by atoms with Crippen LogP contribution >= 0.6 is 0 Å². The van der Waals surface area contributed by atoms with Gasteiger partial charge in [-0.15, -0.1) is 0 Å². The largest absolute Gasteiger partial charge is 0.479 e. The van der Waals surface area contributed by atoms with Crippen LogP contribution in [0.25, 0.3) is 0 Å². The van der Waals surface area contributed by atoms with Crippen molar-refractivity contribution in [2.45, 2.75) is 19.4 Å². The molecule has 1 unspecified atom stereocenters. The van der Waals surface area contributed by atoms with Crippen molar-refractivity contribution in [3.63, 3.8) is 0 Å². The summed E-state index contributed by atoms with van der Waals surface area (Å²) >= 11 is 0. The zero-order chi connectivity index (χ0) is 13.5. The monoisotopic (exact) mass is 254 g/mol. The van der Waals surface area contributed by atoms with Gasteiger partial charge in [0.25, 0.3) is 0 Å². The van der Waals surface area contributed by atoms with Gasteiger partial charge in [0, 0.05) is 31.8 Å². The molecule has 0 aliphatic heterocycles. The number of nitrogens with one attached hydrogen (secondary N) is 2. The number of amides is 1. The topological polar surface area (TPSA) is 96.2 Å². The van der Waals surface area contributed by atoms with E-state index < -0.39 is 12.0 Å². The van der Waals surface area contributed by atoms with Crippen molar-refractivity contribution in [3.05, 3.63) is 18.0 Å². The second-order valence-corrected chi connectivity index (χ2v) is 3.89. The number of carboxylic acids is 1. The van der Waals surface area contributed by atoms with Crippen molar-refractivity contribution in [2.75, 3.05) is 13.1 Å². The number of carboxylic acid groups (broad SMARTS) is 1. The Morgan fingerprint density at radius 3 is 2.78 bits per heavy atom. The Balaban J connectivity index is 2.59. The van der Waals surface area contributed by atoms with Gasteiger partial charge in [-0.3, -0.25) is 9.48 Å². The number of hydrogen-bond donors (Lipinski definition) is 3. The van der Waals surface area contributed by atoms with E-state index >= 15 is 0 Å². The zero-order valence-electron chi connectivity index (χ0n) is 10.5. The normalized spacial score (nSPS) is 12.1. The number of carbonyl (C=O) groups is 2. The summed E-state index contributed by atoms with van der Waals surface area (Å²) in [6.45, 7) is 3.24. The molecule has 0 radical (unpaired) electrons. The van der Waals surface area contributed by atoms with Crippen molar-refractivity contribution < 1.29 is 14.7 Å². The Morgan fingerprint density at radius 2 is 2.28 bits per heavy atom. The number of nitrogens with zero attached hydrogens (tertiary/aromatic N) is 2. The highest BCUT2D eigenvalue weighted by molar-refractivity contribution is 5.84. The van der Waals surface area contributed by atoms with E-state index in [1.165, 1.54) is 10.9 Å². The zero-order valence-corrected chi connectivity index (χ0v) is 10.5. The van der Waals surface area contributed by atoms with Gasteiger partial charge in [0.2, 0.25) is 5.91 Å². The third-order valence-electron chi connectivity index (χ3n) is 2.39. The maximum Gasteiger partial charge on any atom is 0.331 e. The Labute approximate surface area is 105 Å². The van der Waals surface area contributed by atoms with Crippen molar-refractivity contribution >= 4 is 11.9 Å². The molecule has 0 spiro atoms. The summed E-state index contributed by atoms with van der Waals surface area (Å²) in [4.78, 5) is 22.7. The fourth-order valence-corrected chi connectivity index (χ4v) is 1.49. The molecule has 7 nitrogen and oxygen atoms in total. The van der Waals surface area contributed by atoms with Crippen molar-refractivity contribution in [1.82, 2.24) is 20.4 Å². The van der Waals surface area contributed by atoms with Crippen LogP contribution in [0.3, 0.4) is 0 Å². The average Bonchev–Trinajstić information content (AvgIpc) is 2.72. The molecular weight excluding hydrogens is 236 g/mol. The van der Waals surface area contributed by atoms with Crippen molar-refractivity contribution in [2.24, 2.45) is 7.05 Å². The molecule has 1 amide bonds. The third kappa shape index (κ3) is 4.17. The van der Waals surface area contributed by atoms with Gasteiger partial charge in [-0.05, 0) is 6.54 Å². The highest BCUT2D eigenvalue weighted by atomic mass is 16.4. The first-order valence-corrected chi connectivity index (χ1v) is 5.76. The molecule has 0 aliphatic rings. The van der Waals surface area contributed by atoms with Crippen molar-refractivity contribution in [3.8, 4) is 0 Å². The standard InChI is InChI=1S/C11H18N4O3/c1-3-12-5-4-9(16)14-10(11(17)18)8-6-13-15(2)7-8/h6-7,10,12H,3-5H2,1-2H3,(H,14,16)(H,17,18). The third-order valence-corrected chi connectivity index (χ3v) is 2.39. The van der Waals surface area contributed by atoms with Crippen LogP contribution < -0.4 is 10.6 Å². The predicted octanol–water partition coefficient (Wildman–Crippen LogP) is -0.338. The minimum Gasteiger partial charge on any atom is -0.479 e. The van der Waals surface area contributed by atoms with Crippen LogP contribution in [-0.4, -0.2) is 39.9 Å². The van der Waals surface area contributed by atoms with Crippen LogP contribution in [0.2, 0.25) is 0 Å². The first-order chi connectivity index (χ1) is 8.54. The van der Waals surface area contributed by atoms with Crippen LogP contribution in [0.4, 0.5) is 0 Å². The number of hydrogen-bond acceptors (Lipinski definition) is 4. The second kappa shape index (κ2) is 6.75. The van der Waals surface area contributed by atoms with E-state index in [1.807, 2.05) is 6.92 Å². The molecule has 0 saturated heterocycles. The molecule has 0 aromatic carbocycles. The summed E-state index contributed by atoms with van der Waals surface area (Å²) in [6.07, 6.45) is 3.25. The number of rotatable bonds is 7. The lowest BCUT2D eigenvalue weighted by Crippen LogP contribution is -2.35. The molecule has 0 saturated carbocycles. The van der Waals surface area contributed by atoms with Crippen LogP contribution in [0, 0.1) is 0 Å². The summed E-state index contributed by atoms with van der Waals surface area (Å²) in [6, 6.07) is -1.05. The van der Waals surface area contributed by atoms with E-state index in [1.54, 1.807) is 13.2 Å². The molecule has 100 valence electrons. The van der Waals surface area contributed by atoms with Crippen molar-refractivity contribution in [1.29, 1.82) is 0 Å². The second-order valence-electron chi connectivity index (χ2n) is 3.89. The van der Waals surface area contributed by atoms with Gasteiger partial charge in [-0.2, -0.15) is 5.10 Å². The van der Waals surface area contributed by atoms with Gasteiger partial charge in [0.1, 0.15) is 0 Å². The molecule has 18 heavy (non-hydrogen) atoms. The molecular formula is C11H18N4O3. The lowest BCUT2D eigenvalue weighted by Gasteiger charge is -2.12. The first kappa shape index (κ1) is 14.2. The van der Waals surface area contributed by atoms with Crippen LogP contribution in [0.5, 0.6) is 0 Å². The maximum absolute atomic E-state index is 11.6. The van der Waals surface area contributed by atoms with E-state index in [0.717, 1.165) is 6.54 Å². The van der Waals surface area contributed by atoms with E-state index in [0.29, 0.717) is 12.1 Å². The highest BCUT2D eigenvalue weighted by Gasteiger charge is 2.22.